The molecule has 38 heavy (non-hydrogen) atoms. The van der Waals surface area contributed by atoms with Gasteiger partial charge in [-0.15, -0.1) is 0 Å². The number of nitrogens with zero attached hydrogens (tertiary/aromatic N) is 5. The van der Waals surface area contributed by atoms with E-state index >= 15 is 0 Å². The smallest absolute Gasteiger partial charge is 0.135 e. The number of halogens is 1. The van der Waals surface area contributed by atoms with Crippen LogP contribution < -0.4 is 10.5 Å². The van der Waals surface area contributed by atoms with Gasteiger partial charge >= 0.3 is 0 Å². The van der Waals surface area contributed by atoms with Crippen LogP contribution in [-0.2, 0) is 0 Å². The fourth-order valence-corrected chi connectivity index (χ4v) is 4.40. The van der Waals surface area contributed by atoms with Gasteiger partial charge in [0.15, 0.2) is 0 Å². The van der Waals surface area contributed by atoms with Crippen LogP contribution >= 0.6 is 0 Å². The summed E-state index contributed by atoms with van der Waals surface area (Å²) >= 11 is 0. The molecule has 10 heteroatoms. The summed E-state index contributed by atoms with van der Waals surface area (Å²) in [4.78, 5) is 18.8. The highest BCUT2D eigenvalue weighted by molar-refractivity contribution is 6.00. The standard InChI is InChI=1S/C28H25FN8O/c1-37(2)5-6-38-20-9-16(7-18(29)10-20)22-14-32-15-26-21(22)11-25(33-26)28-27-24(35-36-28)4-3-23(34-27)17-8-19(30)13-31-12-17/h3-4,7-15,33H,5-6,30H2,1-2H3,(H,35,36). The molecule has 5 heterocycles. The highest BCUT2D eigenvalue weighted by Gasteiger charge is 2.16. The molecule has 0 radical (unpaired) electrons. The van der Waals surface area contributed by atoms with Crippen molar-refractivity contribution in [1.82, 2.24) is 35.0 Å². The number of nitrogens with one attached hydrogen (secondary N) is 2. The molecule has 6 aromatic rings. The van der Waals surface area contributed by atoms with E-state index in [1.54, 1.807) is 24.8 Å². The molecule has 0 bridgehead atoms. The number of fused-ring (bicyclic) bond motifs is 2. The van der Waals surface area contributed by atoms with Crippen LogP contribution in [0.15, 0.2) is 67.3 Å². The average Bonchev–Trinajstić information content (AvgIpc) is 3.51. The maximum Gasteiger partial charge on any atom is 0.135 e. The van der Waals surface area contributed by atoms with E-state index in [-0.39, 0.29) is 5.82 Å². The fourth-order valence-electron chi connectivity index (χ4n) is 4.40. The molecule has 1 aromatic carbocycles. The Labute approximate surface area is 217 Å². The SMILES string of the molecule is CN(C)CCOc1cc(F)cc(-c2cncc3[nH]c(-c4n[nH]c5ccc(-c6cncc(N)c6)nc45)cc23)c1. The van der Waals surface area contributed by atoms with Crippen molar-refractivity contribution < 1.29 is 9.13 Å². The van der Waals surface area contributed by atoms with Gasteiger partial charge in [0.05, 0.1) is 34.3 Å². The summed E-state index contributed by atoms with van der Waals surface area (Å²) in [6.45, 7) is 1.19. The molecule has 0 aliphatic carbocycles. The second-order valence-electron chi connectivity index (χ2n) is 9.33. The first kappa shape index (κ1) is 23.6. The van der Waals surface area contributed by atoms with E-state index in [2.05, 4.69) is 25.1 Å². The minimum absolute atomic E-state index is 0.374. The quantitative estimate of drug-likeness (QED) is 0.281. The van der Waals surface area contributed by atoms with Crippen LogP contribution in [0.3, 0.4) is 0 Å². The Balaban J connectivity index is 1.40. The molecule has 0 spiro atoms. The first-order valence-electron chi connectivity index (χ1n) is 12.1. The molecule has 5 aromatic heterocycles. The summed E-state index contributed by atoms with van der Waals surface area (Å²) in [5.41, 5.74) is 13.2. The molecule has 9 nitrogen and oxygen atoms in total. The summed E-state index contributed by atoms with van der Waals surface area (Å²) in [6, 6.07) is 12.4. The predicted molar refractivity (Wildman–Crippen MR) is 146 cm³/mol. The molecule has 0 aliphatic heterocycles. The van der Waals surface area contributed by atoms with Crippen molar-refractivity contribution in [1.29, 1.82) is 0 Å². The Morgan fingerprint density at radius 2 is 1.82 bits per heavy atom. The van der Waals surface area contributed by atoms with Crippen LogP contribution in [0.1, 0.15) is 0 Å². The first-order chi connectivity index (χ1) is 18.4. The summed E-state index contributed by atoms with van der Waals surface area (Å²) < 4.78 is 20.3. The van der Waals surface area contributed by atoms with E-state index in [0.29, 0.717) is 34.8 Å². The van der Waals surface area contributed by atoms with Gasteiger partial charge in [-0.1, -0.05) is 0 Å². The number of aromatic amines is 2. The largest absolute Gasteiger partial charge is 0.492 e. The van der Waals surface area contributed by atoms with E-state index in [1.807, 2.05) is 49.3 Å². The number of nitrogen functional groups attached to an aromatic ring is 1. The Morgan fingerprint density at radius 1 is 0.947 bits per heavy atom. The van der Waals surface area contributed by atoms with Crippen molar-refractivity contribution in [3.8, 4) is 39.5 Å². The molecule has 0 atom stereocenters. The van der Waals surface area contributed by atoms with E-state index in [4.69, 9.17) is 15.5 Å². The maximum absolute atomic E-state index is 14.6. The molecule has 6 rings (SSSR count). The topological polar surface area (TPSA) is 122 Å². The number of nitrogens with two attached hydrogens (primary N) is 1. The lowest BCUT2D eigenvalue weighted by atomic mass is 10.0. The Morgan fingerprint density at radius 3 is 2.66 bits per heavy atom. The molecule has 4 N–H and O–H groups in total. The minimum Gasteiger partial charge on any atom is -0.492 e. The Bertz CT molecular complexity index is 1770. The fraction of sp³-hybridized carbons (Fsp3) is 0.143. The molecule has 0 aliphatic rings. The summed E-state index contributed by atoms with van der Waals surface area (Å²) in [6.07, 6.45) is 6.79. The number of benzene rings is 1. The zero-order valence-corrected chi connectivity index (χ0v) is 20.9. The maximum atomic E-state index is 14.6. The summed E-state index contributed by atoms with van der Waals surface area (Å²) in [5.74, 6) is 0.0989. The first-order valence-corrected chi connectivity index (χ1v) is 12.1. The molecule has 190 valence electrons. The molecule has 0 saturated heterocycles. The van der Waals surface area contributed by atoms with Crippen molar-refractivity contribution in [2.75, 3.05) is 33.0 Å². The molecule has 0 amide bonds. The van der Waals surface area contributed by atoms with E-state index < -0.39 is 0 Å². The van der Waals surface area contributed by atoms with Crippen LogP contribution in [0, 0.1) is 5.82 Å². The lowest BCUT2D eigenvalue weighted by Crippen LogP contribution is -2.19. The van der Waals surface area contributed by atoms with Crippen molar-refractivity contribution >= 4 is 27.6 Å². The lowest BCUT2D eigenvalue weighted by molar-refractivity contribution is 0.260. The van der Waals surface area contributed by atoms with Crippen LogP contribution in [0.2, 0.25) is 0 Å². The van der Waals surface area contributed by atoms with E-state index in [9.17, 15) is 4.39 Å². The van der Waals surface area contributed by atoms with Crippen LogP contribution in [0.25, 0.3) is 55.7 Å². The van der Waals surface area contributed by atoms with Crippen molar-refractivity contribution in [2.45, 2.75) is 0 Å². The normalized spacial score (nSPS) is 11.6. The number of aromatic nitrogens is 6. The second kappa shape index (κ2) is 9.56. The van der Waals surface area contributed by atoms with Crippen molar-refractivity contribution in [3.05, 3.63) is 73.1 Å². The third-order valence-electron chi connectivity index (χ3n) is 6.25. The van der Waals surface area contributed by atoms with Gasteiger partial charge in [0.1, 0.15) is 29.4 Å². The van der Waals surface area contributed by atoms with Gasteiger partial charge in [0.2, 0.25) is 0 Å². The van der Waals surface area contributed by atoms with E-state index in [0.717, 1.165) is 45.5 Å². The number of pyridine rings is 3. The third kappa shape index (κ3) is 4.53. The van der Waals surface area contributed by atoms with Gasteiger partial charge in [-0.25, -0.2) is 9.37 Å². The number of hydrogen-bond donors (Lipinski definition) is 3. The highest BCUT2D eigenvalue weighted by Crippen LogP contribution is 2.35. The lowest BCUT2D eigenvalue weighted by Gasteiger charge is -2.12. The van der Waals surface area contributed by atoms with Gasteiger partial charge < -0.3 is 20.4 Å². The number of rotatable bonds is 7. The third-order valence-corrected chi connectivity index (χ3v) is 6.25. The predicted octanol–water partition coefficient (Wildman–Crippen LogP) is 4.89. The number of hydrogen-bond acceptors (Lipinski definition) is 7. The highest BCUT2D eigenvalue weighted by atomic mass is 19.1. The van der Waals surface area contributed by atoms with Crippen LogP contribution in [0.5, 0.6) is 5.75 Å². The monoisotopic (exact) mass is 508 g/mol. The van der Waals surface area contributed by atoms with Gasteiger partial charge in [-0.05, 0) is 56.1 Å². The van der Waals surface area contributed by atoms with Gasteiger partial charge in [0.25, 0.3) is 0 Å². The zero-order valence-electron chi connectivity index (χ0n) is 20.9. The van der Waals surface area contributed by atoms with Crippen molar-refractivity contribution in [2.24, 2.45) is 0 Å². The molecular weight excluding hydrogens is 483 g/mol. The number of H-pyrrole nitrogens is 2. The van der Waals surface area contributed by atoms with Gasteiger partial charge in [-0.3, -0.25) is 15.1 Å². The van der Waals surface area contributed by atoms with Crippen LogP contribution in [-0.4, -0.2) is 62.3 Å². The number of likely N-dealkylation sites (N-methyl/N-ethyl adjacent to an activating group) is 1. The summed E-state index contributed by atoms with van der Waals surface area (Å²) in [5, 5.41) is 8.46. The van der Waals surface area contributed by atoms with Crippen molar-refractivity contribution in [3.63, 3.8) is 0 Å². The molecule has 0 fully saturated rings. The second-order valence-corrected chi connectivity index (χ2v) is 9.33. The minimum atomic E-state index is -0.374. The van der Waals surface area contributed by atoms with E-state index in [1.165, 1.54) is 12.1 Å². The Hall–Kier alpha value is -4.83. The molecule has 0 saturated carbocycles. The number of anilines is 1. The Kier molecular flexibility index (Phi) is 5.93. The molecule has 0 unspecified atom stereocenters. The number of ether oxygens (including phenoxy) is 1. The average molecular weight is 509 g/mol. The van der Waals surface area contributed by atoms with Gasteiger partial charge in [-0.2, -0.15) is 5.10 Å². The summed E-state index contributed by atoms with van der Waals surface area (Å²) in [7, 11) is 3.92. The zero-order chi connectivity index (χ0) is 26.2. The van der Waals surface area contributed by atoms with Gasteiger partial charge in [0, 0.05) is 47.7 Å². The molecular formula is C28H25FN8O. The van der Waals surface area contributed by atoms with Crippen LogP contribution in [0.4, 0.5) is 10.1 Å².